The number of thioether (sulfide) groups is 1. The van der Waals surface area contributed by atoms with Crippen LogP contribution < -0.4 is 0 Å². The highest BCUT2D eigenvalue weighted by Gasteiger charge is 2.24. The lowest BCUT2D eigenvalue weighted by Gasteiger charge is -2.25. The van der Waals surface area contributed by atoms with Crippen LogP contribution in [0.3, 0.4) is 0 Å². The Kier molecular flexibility index (Phi) is 5.50. The molecule has 0 aliphatic heterocycles. The highest BCUT2D eigenvalue weighted by atomic mass is 32.2. The molecule has 0 spiro atoms. The first kappa shape index (κ1) is 16.4. The predicted octanol–water partition coefficient (Wildman–Crippen LogP) is 2.49. The van der Waals surface area contributed by atoms with Crippen LogP contribution in [0.1, 0.15) is 27.6 Å². The minimum Gasteiger partial charge on any atom is -0.478 e. The number of benzene rings is 1. The molecule has 1 aromatic carbocycles. The van der Waals surface area contributed by atoms with Gasteiger partial charge in [0.05, 0.1) is 11.1 Å². The third-order valence-corrected chi connectivity index (χ3v) is 3.73. The van der Waals surface area contributed by atoms with Gasteiger partial charge < -0.3 is 10.0 Å². The molecule has 1 rings (SSSR count). The smallest absolute Gasteiger partial charge is 0.336 e. The molecule has 1 N–H and O–H groups in total. The summed E-state index contributed by atoms with van der Waals surface area (Å²) < 4.78 is 26.3. The number of hydrogen-bond acceptors (Lipinski definition) is 3. The van der Waals surface area contributed by atoms with E-state index in [0.29, 0.717) is 17.9 Å². The van der Waals surface area contributed by atoms with E-state index in [-0.39, 0.29) is 11.6 Å². The van der Waals surface area contributed by atoms with E-state index in [1.165, 1.54) is 23.7 Å². The van der Waals surface area contributed by atoms with Gasteiger partial charge in [-0.05, 0) is 25.3 Å². The summed E-state index contributed by atoms with van der Waals surface area (Å²) in [6.07, 6.45) is 1.87. The van der Waals surface area contributed by atoms with Crippen LogP contribution in [0.15, 0.2) is 12.1 Å². The minimum atomic E-state index is -1.47. The molecule has 0 bridgehead atoms. The highest BCUT2D eigenvalue weighted by molar-refractivity contribution is 7.98. The van der Waals surface area contributed by atoms with Crippen molar-refractivity contribution >= 4 is 23.6 Å². The molecule has 1 unspecified atom stereocenters. The Morgan fingerprint density at radius 3 is 2.25 bits per heavy atom. The Bertz CT molecular complexity index is 537. The molecule has 0 saturated heterocycles. The summed E-state index contributed by atoms with van der Waals surface area (Å²) >= 11 is 1.52. The summed E-state index contributed by atoms with van der Waals surface area (Å²) in [7, 11) is 1.50. The zero-order valence-electron chi connectivity index (χ0n) is 11.3. The predicted molar refractivity (Wildman–Crippen MR) is 73.3 cm³/mol. The normalized spacial score (nSPS) is 12.1. The van der Waals surface area contributed by atoms with Crippen LogP contribution in [-0.2, 0) is 0 Å². The van der Waals surface area contributed by atoms with Crippen LogP contribution in [0.4, 0.5) is 8.78 Å². The molecule has 1 amide bonds. The summed E-state index contributed by atoms with van der Waals surface area (Å²) in [4.78, 5) is 24.6. The Hall–Kier alpha value is -1.63. The van der Waals surface area contributed by atoms with E-state index >= 15 is 0 Å². The van der Waals surface area contributed by atoms with Crippen LogP contribution in [0, 0.1) is 11.6 Å². The first-order valence-corrected chi connectivity index (χ1v) is 7.17. The molecule has 110 valence electrons. The third-order valence-electron chi connectivity index (χ3n) is 2.91. The molecule has 0 radical (unpaired) electrons. The van der Waals surface area contributed by atoms with Gasteiger partial charge in [-0.3, -0.25) is 4.79 Å². The molecule has 1 atom stereocenters. The number of carboxylic acid groups (broad SMARTS) is 1. The minimum absolute atomic E-state index is 0.160. The van der Waals surface area contributed by atoms with Crippen molar-refractivity contribution in [1.29, 1.82) is 0 Å². The lowest BCUT2D eigenvalue weighted by Crippen LogP contribution is -2.37. The zero-order valence-corrected chi connectivity index (χ0v) is 12.1. The van der Waals surface area contributed by atoms with Crippen molar-refractivity contribution in [3.8, 4) is 0 Å². The number of carbonyl (C=O) groups is 2. The second kappa shape index (κ2) is 6.69. The van der Waals surface area contributed by atoms with Crippen LogP contribution in [0.5, 0.6) is 0 Å². The van der Waals surface area contributed by atoms with Gasteiger partial charge in [-0.15, -0.1) is 0 Å². The Morgan fingerprint density at radius 2 is 1.80 bits per heavy atom. The monoisotopic (exact) mass is 303 g/mol. The van der Waals surface area contributed by atoms with E-state index in [9.17, 15) is 18.4 Å². The van der Waals surface area contributed by atoms with E-state index in [1.807, 2.05) is 6.26 Å². The molecule has 0 aliphatic rings. The molecule has 4 nitrogen and oxygen atoms in total. The van der Waals surface area contributed by atoms with Gasteiger partial charge in [0, 0.05) is 18.8 Å². The van der Waals surface area contributed by atoms with Gasteiger partial charge in [0.1, 0.15) is 0 Å². The second-order valence-electron chi connectivity index (χ2n) is 4.34. The molecule has 1 aromatic rings. The molecule has 20 heavy (non-hydrogen) atoms. The quantitative estimate of drug-likeness (QED) is 0.908. The van der Waals surface area contributed by atoms with E-state index in [0.717, 1.165) is 0 Å². The van der Waals surface area contributed by atoms with Gasteiger partial charge in [-0.2, -0.15) is 11.8 Å². The highest BCUT2D eigenvalue weighted by Crippen LogP contribution is 2.18. The Morgan fingerprint density at radius 1 is 1.30 bits per heavy atom. The van der Waals surface area contributed by atoms with E-state index < -0.39 is 29.1 Å². The maximum absolute atomic E-state index is 13.3. The summed E-state index contributed by atoms with van der Waals surface area (Å²) in [6.45, 7) is 1.79. The second-order valence-corrected chi connectivity index (χ2v) is 5.25. The molecule has 0 fully saturated rings. The fraction of sp³-hybridized carbons (Fsp3) is 0.385. The van der Waals surface area contributed by atoms with Crippen LogP contribution in [0.2, 0.25) is 0 Å². The van der Waals surface area contributed by atoms with Crippen molar-refractivity contribution in [2.24, 2.45) is 0 Å². The molecule has 7 heteroatoms. The summed E-state index contributed by atoms with van der Waals surface area (Å²) in [6, 6.07) is 0.994. The maximum Gasteiger partial charge on any atom is 0.336 e. The van der Waals surface area contributed by atoms with Crippen molar-refractivity contribution < 1.29 is 23.5 Å². The van der Waals surface area contributed by atoms with E-state index in [2.05, 4.69) is 0 Å². The van der Waals surface area contributed by atoms with Gasteiger partial charge in [-0.1, -0.05) is 0 Å². The lowest BCUT2D eigenvalue weighted by atomic mass is 10.1. The number of aromatic carboxylic acids is 1. The average Bonchev–Trinajstić information content (AvgIpc) is 2.39. The van der Waals surface area contributed by atoms with Crippen molar-refractivity contribution in [1.82, 2.24) is 4.90 Å². The molecule has 0 aromatic heterocycles. The lowest BCUT2D eigenvalue weighted by molar-refractivity contribution is 0.0674. The average molecular weight is 303 g/mol. The molecule has 0 heterocycles. The van der Waals surface area contributed by atoms with Crippen molar-refractivity contribution in [2.45, 2.75) is 13.0 Å². The largest absolute Gasteiger partial charge is 0.478 e. The summed E-state index contributed by atoms with van der Waals surface area (Å²) in [5.74, 6) is -4.02. The molecule has 0 aliphatic carbocycles. The number of carboxylic acids is 1. The Balaban J connectivity index is 3.21. The van der Waals surface area contributed by atoms with Crippen LogP contribution in [-0.4, -0.2) is 47.0 Å². The van der Waals surface area contributed by atoms with E-state index in [4.69, 9.17) is 5.11 Å². The van der Waals surface area contributed by atoms with Crippen molar-refractivity contribution in [3.05, 3.63) is 34.9 Å². The first-order chi connectivity index (χ1) is 9.29. The van der Waals surface area contributed by atoms with Crippen molar-refractivity contribution in [2.75, 3.05) is 19.1 Å². The van der Waals surface area contributed by atoms with Gasteiger partial charge in [0.15, 0.2) is 11.6 Å². The van der Waals surface area contributed by atoms with Gasteiger partial charge in [-0.25, -0.2) is 13.6 Å². The fourth-order valence-electron chi connectivity index (χ4n) is 1.64. The molecule has 0 saturated carbocycles. The number of amides is 1. The standard InChI is InChI=1S/C13H15F2NO3S/c1-7(6-20-3)16(2)12(17)8-4-10(14)11(15)5-9(8)13(18)19/h4-5,7H,6H2,1-3H3,(H,18,19). The number of rotatable bonds is 5. The van der Waals surface area contributed by atoms with Crippen molar-refractivity contribution in [3.63, 3.8) is 0 Å². The number of nitrogens with zero attached hydrogens (tertiary/aromatic N) is 1. The van der Waals surface area contributed by atoms with E-state index in [1.54, 1.807) is 6.92 Å². The van der Waals surface area contributed by atoms with Gasteiger partial charge in [0.25, 0.3) is 5.91 Å². The maximum atomic E-state index is 13.3. The SMILES string of the molecule is CSCC(C)N(C)C(=O)c1cc(F)c(F)cc1C(=O)O. The zero-order chi connectivity index (χ0) is 15.4. The topological polar surface area (TPSA) is 57.6 Å². The van der Waals surface area contributed by atoms with Gasteiger partial charge >= 0.3 is 5.97 Å². The number of hydrogen-bond donors (Lipinski definition) is 1. The van der Waals surface area contributed by atoms with Gasteiger partial charge in [0.2, 0.25) is 0 Å². The Labute approximate surface area is 119 Å². The fourth-order valence-corrected chi connectivity index (χ4v) is 2.35. The third kappa shape index (κ3) is 3.47. The summed E-state index contributed by atoms with van der Waals surface area (Å²) in [5.41, 5.74) is -0.899. The number of carbonyl (C=O) groups excluding carboxylic acids is 1. The number of halogens is 2. The van der Waals surface area contributed by atoms with Crippen LogP contribution >= 0.6 is 11.8 Å². The molecular weight excluding hydrogens is 288 g/mol. The van der Waals surface area contributed by atoms with Crippen LogP contribution in [0.25, 0.3) is 0 Å². The summed E-state index contributed by atoms with van der Waals surface area (Å²) in [5, 5.41) is 8.99. The molecular formula is C13H15F2NO3S. The first-order valence-electron chi connectivity index (χ1n) is 5.78.